The average molecular weight is 218 g/mol. The molecular formula is C14H22N2. The molecule has 0 aliphatic carbocycles. The van der Waals surface area contributed by atoms with Gasteiger partial charge in [0.1, 0.15) is 0 Å². The molecule has 2 heteroatoms. The summed E-state index contributed by atoms with van der Waals surface area (Å²) in [4.78, 5) is 0. The van der Waals surface area contributed by atoms with Gasteiger partial charge in [-0.15, -0.1) is 0 Å². The minimum Gasteiger partial charge on any atom is -0.316 e. The summed E-state index contributed by atoms with van der Waals surface area (Å²) < 4.78 is 0. The zero-order chi connectivity index (χ0) is 11.4. The first-order chi connectivity index (χ1) is 7.75. The Balaban J connectivity index is 1.84. The van der Waals surface area contributed by atoms with Crippen molar-refractivity contribution in [3.63, 3.8) is 0 Å². The Hall–Kier alpha value is -0.860. The first-order valence-corrected chi connectivity index (χ1v) is 6.25. The van der Waals surface area contributed by atoms with Crippen LogP contribution in [0, 0.1) is 12.8 Å². The lowest BCUT2D eigenvalue weighted by molar-refractivity contribution is 0.295. The van der Waals surface area contributed by atoms with Gasteiger partial charge in [0.15, 0.2) is 0 Å². The Kier molecular flexibility index (Phi) is 3.97. The van der Waals surface area contributed by atoms with Crippen LogP contribution in [0.3, 0.4) is 0 Å². The number of aryl methyl sites for hydroxylation is 1. The van der Waals surface area contributed by atoms with Gasteiger partial charge >= 0.3 is 0 Å². The highest BCUT2D eigenvalue weighted by molar-refractivity contribution is 5.21. The van der Waals surface area contributed by atoms with Crippen LogP contribution < -0.4 is 10.6 Å². The summed E-state index contributed by atoms with van der Waals surface area (Å²) >= 11 is 0. The Morgan fingerprint density at radius 2 is 2.06 bits per heavy atom. The number of rotatable bonds is 3. The minimum atomic E-state index is 0.669. The predicted octanol–water partition coefficient (Wildman–Crippen LogP) is 2.08. The first-order valence-electron chi connectivity index (χ1n) is 6.25. The van der Waals surface area contributed by atoms with Gasteiger partial charge in [-0.1, -0.05) is 36.8 Å². The molecule has 2 N–H and O–H groups in total. The molecule has 2 nitrogen and oxygen atoms in total. The van der Waals surface area contributed by atoms with Crippen LogP contribution in [0.4, 0.5) is 0 Å². The van der Waals surface area contributed by atoms with Gasteiger partial charge in [-0.2, -0.15) is 0 Å². The summed E-state index contributed by atoms with van der Waals surface area (Å²) in [5.41, 5.74) is 2.72. The maximum absolute atomic E-state index is 3.67. The Morgan fingerprint density at radius 1 is 1.31 bits per heavy atom. The van der Waals surface area contributed by atoms with Crippen LogP contribution in [0.5, 0.6) is 0 Å². The second-order valence-corrected chi connectivity index (χ2v) is 4.94. The van der Waals surface area contributed by atoms with Gasteiger partial charge in [-0.05, 0) is 37.9 Å². The molecule has 2 unspecified atom stereocenters. The van der Waals surface area contributed by atoms with Crippen LogP contribution in [0.15, 0.2) is 24.3 Å². The topological polar surface area (TPSA) is 24.1 Å². The Morgan fingerprint density at radius 3 is 2.75 bits per heavy atom. The van der Waals surface area contributed by atoms with Crippen molar-refractivity contribution in [2.75, 3.05) is 13.1 Å². The van der Waals surface area contributed by atoms with Gasteiger partial charge in [-0.25, -0.2) is 0 Å². The molecule has 2 rings (SSSR count). The lowest BCUT2D eigenvalue weighted by Crippen LogP contribution is -2.45. The molecule has 1 aromatic rings. The molecule has 1 saturated heterocycles. The number of hydrogen-bond donors (Lipinski definition) is 2. The van der Waals surface area contributed by atoms with Crippen molar-refractivity contribution in [1.82, 2.24) is 10.6 Å². The van der Waals surface area contributed by atoms with Gasteiger partial charge in [0.2, 0.25) is 0 Å². The zero-order valence-electron chi connectivity index (χ0n) is 10.3. The smallest absolute Gasteiger partial charge is 0.0208 e. The molecule has 88 valence electrons. The molecule has 0 aromatic heterocycles. The van der Waals surface area contributed by atoms with Crippen LogP contribution in [-0.4, -0.2) is 19.1 Å². The summed E-state index contributed by atoms with van der Waals surface area (Å²) in [5.74, 6) is 0.735. The van der Waals surface area contributed by atoms with Crippen LogP contribution in [-0.2, 0) is 6.54 Å². The predicted molar refractivity (Wildman–Crippen MR) is 68.5 cm³/mol. The van der Waals surface area contributed by atoms with Crippen LogP contribution in [0.1, 0.15) is 24.5 Å². The molecule has 0 radical (unpaired) electrons. The molecule has 0 bridgehead atoms. The molecule has 1 aromatic carbocycles. The SMILES string of the molecule is Cc1ccc(CNC2CCNCC2C)cc1. The quantitative estimate of drug-likeness (QED) is 0.811. The fourth-order valence-electron chi connectivity index (χ4n) is 2.27. The van der Waals surface area contributed by atoms with E-state index in [4.69, 9.17) is 0 Å². The van der Waals surface area contributed by atoms with Gasteiger partial charge < -0.3 is 10.6 Å². The molecule has 0 saturated carbocycles. The summed E-state index contributed by atoms with van der Waals surface area (Å²) in [6, 6.07) is 9.47. The molecule has 16 heavy (non-hydrogen) atoms. The van der Waals surface area contributed by atoms with Crippen molar-refractivity contribution in [3.8, 4) is 0 Å². The van der Waals surface area contributed by atoms with E-state index in [9.17, 15) is 0 Å². The summed E-state index contributed by atoms with van der Waals surface area (Å²) in [6.45, 7) is 7.74. The van der Waals surface area contributed by atoms with Crippen molar-refractivity contribution in [1.29, 1.82) is 0 Å². The maximum atomic E-state index is 3.67. The van der Waals surface area contributed by atoms with E-state index in [1.807, 2.05) is 0 Å². The molecule has 1 aliphatic heterocycles. The third-order valence-electron chi connectivity index (χ3n) is 3.47. The van der Waals surface area contributed by atoms with Crippen LogP contribution in [0.25, 0.3) is 0 Å². The standard InChI is InChI=1S/C14H22N2/c1-11-3-5-13(6-4-11)10-16-14-7-8-15-9-12(14)2/h3-6,12,14-16H,7-10H2,1-2H3. The van der Waals surface area contributed by atoms with Crippen LogP contribution >= 0.6 is 0 Å². The summed E-state index contributed by atoms with van der Waals surface area (Å²) in [5, 5.41) is 7.10. The number of piperidine rings is 1. The highest BCUT2D eigenvalue weighted by atomic mass is 15.0. The van der Waals surface area contributed by atoms with E-state index >= 15 is 0 Å². The molecule has 0 spiro atoms. The van der Waals surface area contributed by atoms with Gasteiger partial charge in [-0.3, -0.25) is 0 Å². The highest BCUT2D eigenvalue weighted by Gasteiger charge is 2.19. The lowest BCUT2D eigenvalue weighted by Gasteiger charge is -2.30. The van der Waals surface area contributed by atoms with Gasteiger partial charge in [0.05, 0.1) is 0 Å². The third-order valence-corrected chi connectivity index (χ3v) is 3.47. The molecule has 1 fully saturated rings. The maximum Gasteiger partial charge on any atom is 0.0208 e. The largest absolute Gasteiger partial charge is 0.316 e. The normalized spacial score (nSPS) is 25.6. The third kappa shape index (κ3) is 3.06. The molecule has 2 atom stereocenters. The molecular weight excluding hydrogens is 196 g/mol. The zero-order valence-corrected chi connectivity index (χ0v) is 10.3. The molecule has 1 heterocycles. The summed E-state index contributed by atoms with van der Waals surface area (Å²) in [6.07, 6.45) is 1.24. The van der Waals surface area contributed by atoms with Crippen molar-refractivity contribution in [2.24, 2.45) is 5.92 Å². The van der Waals surface area contributed by atoms with E-state index in [0.29, 0.717) is 6.04 Å². The fraction of sp³-hybridized carbons (Fsp3) is 0.571. The van der Waals surface area contributed by atoms with Crippen molar-refractivity contribution in [3.05, 3.63) is 35.4 Å². The van der Waals surface area contributed by atoms with E-state index in [2.05, 4.69) is 48.7 Å². The minimum absolute atomic E-state index is 0.669. The number of benzene rings is 1. The van der Waals surface area contributed by atoms with E-state index in [1.165, 1.54) is 17.5 Å². The Labute approximate surface area is 98.4 Å². The van der Waals surface area contributed by atoms with E-state index in [1.54, 1.807) is 0 Å². The van der Waals surface area contributed by atoms with Crippen molar-refractivity contribution in [2.45, 2.75) is 32.9 Å². The van der Waals surface area contributed by atoms with Gasteiger partial charge in [0, 0.05) is 12.6 Å². The highest BCUT2D eigenvalue weighted by Crippen LogP contribution is 2.11. The second-order valence-electron chi connectivity index (χ2n) is 4.94. The number of nitrogens with one attached hydrogen (secondary N) is 2. The second kappa shape index (κ2) is 5.46. The molecule has 0 amide bonds. The van der Waals surface area contributed by atoms with Crippen molar-refractivity contribution < 1.29 is 0 Å². The van der Waals surface area contributed by atoms with Crippen LogP contribution in [0.2, 0.25) is 0 Å². The van der Waals surface area contributed by atoms with Gasteiger partial charge in [0.25, 0.3) is 0 Å². The van der Waals surface area contributed by atoms with Crippen molar-refractivity contribution >= 4 is 0 Å². The first kappa shape index (κ1) is 11.6. The fourth-order valence-corrected chi connectivity index (χ4v) is 2.27. The lowest BCUT2D eigenvalue weighted by atomic mass is 9.95. The van der Waals surface area contributed by atoms with E-state index in [-0.39, 0.29) is 0 Å². The average Bonchev–Trinajstić information content (AvgIpc) is 2.30. The Bertz CT molecular complexity index is 318. The molecule has 1 aliphatic rings. The summed E-state index contributed by atoms with van der Waals surface area (Å²) in [7, 11) is 0. The van der Waals surface area contributed by atoms with E-state index in [0.717, 1.165) is 25.6 Å². The number of hydrogen-bond acceptors (Lipinski definition) is 2. The monoisotopic (exact) mass is 218 g/mol. The van der Waals surface area contributed by atoms with E-state index < -0.39 is 0 Å².